The molecule has 5 heteroatoms. The average molecular weight is 279 g/mol. The summed E-state index contributed by atoms with van der Waals surface area (Å²) < 4.78 is 6.11. The highest BCUT2D eigenvalue weighted by atomic mass is 32.2. The molecule has 0 aliphatic carbocycles. The van der Waals surface area contributed by atoms with Crippen molar-refractivity contribution in [2.24, 2.45) is 0 Å². The summed E-state index contributed by atoms with van der Waals surface area (Å²) in [5, 5.41) is 2.59. The van der Waals surface area contributed by atoms with Crippen molar-refractivity contribution >= 4 is 40.3 Å². The van der Waals surface area contributed by atoms with Crippen LogP contribution in [0.1, 0.15) is 19.4 Å². The zero-order valence-electron chi connectivity index (χ0n) is 10.1. The van der Waals surface area contributed by atoms with E-state index in [9.17, 15) is 4.79 Å². The van der Waals surface area contributed by atoms with E-state index in [0.717, 1.165) is 11.3 Å². The molecule has 0 aromatic heterocycles. The molecule has 0 bridgehead atoms. The summed E-state index contributed by atoms with van der Waals surface area (Å²) in [6.07, 6.45) is 1.94. The molecule has 94 valence electrons. The zero-order valence-corrected chi connectivity index (χ0v) is 11.7. The van der Waals surface area contributed by atoms with E-state index in [1.165, 1.54) is 11.8 Å². The molecule has 1 fully saturated rings. The number of thioether (sulfide) groups is 1. The smallest absolute Gasteiger partial charge is 0.263 e. The van der Waals surface area contributed by atoms with Crippen LogP contribution in [0.3, 0.4) is 0 Å². The van der Waals surface area contributed by atoms with Gasteiger partial charge in [0.05, 0.1) is 11.0 Å². The average Bonchev–Trinajstić information content (AvgIpc) is 2.57. The van der Waals surface area contributed by atoms with Gasteiger partial charge < -0.3 is 10.1 Å². The number of carbonyl (C=O) groups is 1. The van der Waals surface area contributed by atoms with Crippen molar-refractivity contribution in [2.75, 3.05) is 0 Å². The molecular weight excluding hydrogens is 266 g/mol. The van der Waals surface area contributed by atoms with Gasteiger partial charge in [0.2, 0.25) is 0 Å². The summed E-state index contributed by atoms with van der Waals surface area (Å²) in [6, 6.07) is 7.63. The molecular formula is C13H13NO2S2. The minimum Gasteiger partial charge on any atom is -0.491 e. The lowest BCUT2D eigenvalue weighted by Gasteiger charge is -2.09. The molecule has 18 heavy (non-hydrogen) atoms. The Morgan fingerprint density at radius 3 is 2.83 bits per heavy atom. The highest BCUT2D eigenvalue weighted by Crippen LogP contribution is 2.26. The van der Waals surface area contributed by atoms with E-state index in [-0.39, 0.29) is 12.0 Å². The van der Waals surface area contributed by atoms with Crippen molar-refractivity contribution in [3.05, 3.63) is 34.7 Å². The minimum atomic E-state index is -0.139. The summed E-state index contributed by atoms with van der Waals surface area (Å²) >= 11 is 6.22. The first-order valence-corrected chi connectivity index (χ1v) is 6.78. The van der Waals surface area contributed by atoms with Crippen molar-refractivity contribution in [1.29, 1.82) is 0 Å². The lowest BCUT2D eigenvalue weighted by molar-refractivity contribution is -0.115. The molecule has 0 radical (unpaired) electrons. The number of nitrogens with one attached hydrogen (secondary N) is 1. The largest absolute Gasteiger partial charge is 0.491 e. The number of ether oxygens (including phenoxy) is 1. The molecule has 1 aliphatic heterocycles. The third-order valence-corrected chi connectivity index (χ3v) is 3.33. The van der Waals surface area contributed by atoms with Crippen LogP contribution < -0.4 is 10.1 Å². The van der Waals surface area contributed by atoms with E-state index in [0.29, 0.717) is 9.23 Å². The minimum absolute atomic E-state index is 0.129. The molecule has 1 aromatic carbocycles. The summed E-state index contributed by atoms with van der Waals surface area (Å²) in [4.78, 5) is 12.1. The van der Waals surface area contributed by atoms with Gasteiger partial charge in [-0.25, -0.2) is 0 Å². The van der Waals surface area contributed by atoms with Crippen LogP contribution in [0.15, 0.2) is 29.2 Å². The molecule has 0 atom stereocenters. The highest BCUT2D eigenvalue weighted by Gasteiger charge is 2.21. The van der Waals surface area contributed by atoms with Crippen molar-refractivity contribution in [1.82, 2.24) is 5.32 Å². The zero-order chi connectivity index (χ0) is 13.1. The number of amides is 1. The van der Waals surface area contributed by atoms with Gasteiger partial charge in [0.25, 0.3) is 5.91 Å². The van der Waals surface area contributed by atoms with Crippen LogP contribution in [0.25, 0.3) is 6.08 Å². The monoisotopic (exact) mass is 279 g/mol. The van der Waals surface area contributed by atoms with E-state index in [4.69, 9.17) is 17.0 Å². The summed E-state index contributed by atoms with van der Waals surface area (Å²) in [5.41, 5.74) is 0.926. The topological polar surface area (TPSA) is 38.3 Å². The molecule has 1 aliphatic rings. The summed E-state index contributed by atoms with van der Waals surface area (Å²) in [5.74, 6) is 0.658. The third kappa shape index (κ3) is 3.34. The molecule has 0 saturated carbocycles. The second-order valence-electron chi connectivity index (χ2n) is 4.09. The lowest BCUT2D eigenvalue weighted by atomic mass is 10.2. The highest BCUT2D eigenvalue weighted by molar-refractivity contribution is 8.26. The van der Waals surface area contributed by atoms with E-state index in [1.54, 1.807) is 0 Å². The third-order valence-electron chi connectivity index (χ3n) is 2.17. The van der Waals surface area contributed by atoms with E-state index >= 15 is 0 Å². The Balaban J connectivity index is 2.21. The normalized spacial score (nSPS) is 17.4. The maximum absolute atomic E-state index is 11.5. The van der Waals surface area contributed by atoms with Crippen molar-refractivity contribution in [3.8, 4) is 5.75 Å². The second kappa shape index (κ2) is 5.54. The number of benzene rings is 1. The molecule has 1 amide bonds. The van der Waals surface area contributed by atoms with Crippen molar-refractivity contribution in [3.63, 3.8) is 0 Å². The fraction of sp³-hybridized carbons (Fsp3) is 0.231. The predicted octanol–water partition coefficient (Wildman–Crippen LogP) is 2.96. The SMILES string of the molecule is CC(C)Oc1cccc(/C=C2\SC(=S)NC2=O)c1. The molecule has 1 saturated heterocycles. The van der Waals surface area contributed by atoms with Crippen LogP contribution in [0.5, 0.6) is 5.75 Å². The number of hydrogen-bond acceptors (Lipinski definition) is 4. The molecule has 0 spiro atoms. The van der Waals surface area contributed by atoms with Gasteiger partial charge in [-0.05, 0) is 37.6 Å². The van der Waals surface area contributed by atoms with Crippen molar-refractivity contribution < 1.29 is 9.53 Å². The summed E-state index contributed by atoms with van der Waals surface area (Å²) in [6.45, 7) is 3.95. The Bertz CT molecular complexity index is 523. The Morgan fingerprint density at radius 1 is 1.44 bits per heavy atom. The van der Waals surface area contributed by atoms with Crippen molar-refractivity contribution in [2.45, 2.75) is 20.0 Å². The van der Waals surface area contributed by atoms with Gasteiger partial charge >= 0.3 is 0 Å². The van der Waals surface area contributed by atoms with E-state index < -0.39 is 0 Å². The molecule has 0 unspecified atom stereocenters. The van der Waals surface area contributed by atoms with Gasteiger partial charge in [0.15, 0.2) is 0 Å². The summed E-state index contributed by atoms with van der Waals surface area (Å²) in [7, 11) is 0. The van der Waals surface area contributed by atoms with Crippen LogP contribution in [0, 0.1) is 0 Å². The van der Waals surface area contributed by atoms with Gasteiger partial charge in [-0.2, -0.15) is 0 Å². The van der Waals surface area contributed by atoms with Crippen LogP contribution in [0.4, 0.5) is 0 Å². The van der Waals surface area contributed by atoms with Crippen LogP contribution in [-0.4, -0.2) is 16.3 Å². The molecule has 1 aromatic rings. The maximum Gasteiger partial charge on any atom is 0.263 e. The maximum atomic E-state index is 11.5. The van der Waals surface area contributed by atoms with Gasteiger partial charge in [-0.1, -0.05) is 36.1 Å². The Kier molecular flexibility index (Phi) is 4.04. The Labute approximate surface area is 116 Å². The van der Waals surface area contributed by atoms with Crippen LogP contribution in [-0.2, 0) is 4.79 Å². The Morgan fingerprint density at radius 2 is 2.22 bits per heavy atom. The standard InChI is InChI=1S/C13H13NO2S2/c1-8(2)16-10-5-3-4-9(6-10)7-11-12(15)14-13(17)18-11/h3-8H,1-2H3,(H,14,15,17)/b11-7-. The number of carbonyl (C=O) groups excluding carboxylic acids is 1. The van der Waals surface area contributed by atoms with Gasteiger partial charge in [0, 0.05) is 0 Å². The predicted molar refractivity (Wildman–Crippen MR) is 78.5 cm³/mol. The number of rotatable bonds is 3. The first-order valence-electron chi connectivity index (χ1n) is 5.56. The fourth-order valence-corrected chi connectivity index (χ4v) is 2.57. The van der Waals surface area contributed by atoms with Gasteiger partial charge in [-0.15, -0.1) is 0 Å². The van der Waals surface area contributed by atoms with Crippen LogP contribution >= 0.6 is 24.0 Å². The Hall–Kier alpha value is -1.33. The van der Waals surface area contributed by atoms with Gasteiger partial charge in [-0.3, -0.25) is 4.79 Å². The molecule has 3 nitrogen and oxygen atoms in total. The first-order chi connectivity index (χ1) is 8.54. The quantitative estimate of drug-likeness (QED) is 0.682. The molecule has 1 heterocycles. The lowest BCUT2D eigenvalue weighted by Crippen LogP contribution is -2.17. The number of hydrogen-bond donors (Lipinski definition) is 1. The number of thiocarbonyl (C=S) groups is 1. The van der Waals surface area contributed by atoms with Gasteiger partial charge in [0.1, 0.15) is 10.1 Å². The molecule has 2 rings (SSSR count). The second-order valence-corrected chi connectivity index (χ2v) is 5.81. The first kappa shape index (κ1) is 13.1. The fourth-order valence-electron chi connectivity index (χ4n) is 1.52. The molecule has 1 N–H and O–H groups in total. The van der Waals surface area contributed by atoms with Crippen LogP contribution in [0.2, 0.25) is 0 Å². The van der Waals surface area contributed by atoms with E-state index in [1.807, 2.05) is 44.2 Å². The van der Waals surface area contributed by atoms with E-state index in [2.05, 4.69) is 5.32 Å².